The Bertz CT molecular complexity index is 808. The summed E-state index contributed by atoms with van der Waals surface area (Å²) >= 11 is 0. The maximum Gasteiger partial charge on any atom is 0.255 e. The van der Waals surface area contributed by atoms with Crippen LogP contribution >= 0.6 is 0 Å². The van der Waals surface area contributed by atoms with E-state index in [9.17, 15) is 4.79 Å². The Balaban J connectivity index is 0.00000182. The lowest BCUT2D eigenvalue weighted by molar-refractivity contribution is 0.0627. The van der Waals surface area contributed by atoms with Crippen molar-refractivity contribution in [2.75, 3.05) is 26.2 Å². The molecule has 1 fully saturated rings. The molecule has 0 aliphatic carbocycles. The van der Waals surface area contributed by atoms with E-state index in [1.807, 2.05) is 17.0 Å². The molecule has 1 N–H and O–H groups in total. The van der Waals surface area contributed by atoms with Gasteiger partial charge in [0, 0.05) is 57.8 Å². The number of amides is 1. The molecule has 1 amide bonds. The third-order valence-corrected chi connectivity index (χ3v) is 4.55. The minimum Gasteiger partial charge on any atom is -0.357 e. The van der Waals surface area contributed by atoms with Gasteiger partial charge in [0.2, 0.25) is 0 Å². The molecule has 1 aromatic carbocycles. The number of carbonyl (C=O) groups is 1. The first kappa shape index (κ1) is 14.9. The molecule has 1 saturated heterocycles. The van der Waals surface area contributed by atoms with E-state index in [-0.39, 0.29) is 7.33 Å². The Morgan fingerprint density at radius 3 is 2.71 bits per heavy atom. The molecule has 0 spiro atoms. The minimum atomic E-state index is 0. The van der Waals surface area contributed by atoms with E-state index in [2.05, 4.69) is 39.1 Å². The molecule has 0 atom stereocenters. The largest absolute Gasteiger partial charge is 0.357 e. The summed E-state index contributed by atoms with van der Waals surface area (Å²) in [5, 5.41) is 1.25. The van der Waals surface area contributed by atoms with Crippen LogP contribution in [0.4, 0.5) is 0 Å². The zero-order valence-electron chi connectivity index (χ0n) is 13.5. The number of fused-ring (bicyclic) bond motifs is 1. The summed E-state index contributed by atoms with van der Waals surface area (Å²) in [4.78, 5) is 24.2. The molecule has 1 aliphatic heterocycles. The van der Waals surface area contributed by atoms with Crippen molar-refractivity contribution in [1.29, 1.82) is 0 Å². The van der Waals surface area contributed by atoms with E-state index >= 15 is 0 Å². The summed E-state index contributed by atoms with van der Waals surface area (Å²) in [5.74, 6) is 0.0772. The number of H-pyrrole nitrogens is 1. The van der Waals surface area contributed by atoms with Crippen molar-refractivity contribution in [3.05, 3.63) is 66.1 Å². The first-order chi connectivity index (χ1) is 11.8. The zero-order valence-corrected chi connectivity index (χ0v) is 13.5. The van der Waals surface area contributed by atoms with Crippen molar-refractivity contribution >= 4 is 16.8 Å². The number of carbonyl (C=O) groups excluding carboxylic acids is 1. The number of hydrogen-bond acceptors (Lipinski definition) is 3. The van der Waals surface area contributed by atoms with E-state index in [1.54, 1.807) is 18.5 Å². The Kier molecular flexibility index (Phi) is 4.01. The van der Waals surface area contributed by atoms with Crippen molar-refractivity contribution in [3.8, 4) is 0 Å². The number of benzene rings is 1. The fraction of sp³-hybridized carbons (Fsp3) is 0.263. The Morgan fingerprint density at radius 2 is 1.96 bits per heavy atom. The summed E-state index contributed by atoms with van der Waals surface area (Å²) < 4.78 is 0. The topological polar surface area (TPSA) is 52.2 Å². The molecule has 2 aromatic heterocycles. The first-order valence-electron chi connectivity index (χ1n) is 8.28. The number of aromatic nitrogens is 2. The monoisotopic (exact) mass is 322 g/mol. The van der Waals surface area contributed by atoms with Gasteiger partial charge in [-0.3, -0.25) is 14.7 Å². The molecule has 4 rings (SSSR count). The predicted octanol–water partition coefficient (Wildman–Crippen LogP) is 2.77. The number of pyridine rings is 1. The molecular weight excluding hydrogens is 300 g/mol. The molecule has 0 radical (unpaired) electrons. The molecule has 124 valence electrons. The van der Waals surface area contributed by atoms with E-state index < -0.39 is 0 Å². The molecule has 5 heteroatoms. The zero-order chi connectivity index (χ0) is 16.4. The number of rotatable bonds is 3. The van der Waals surface area contributed by atoms with Crippen molar-refractivity contribution in [2.45, 2.75) is 6.54 Å². The SMILES string of the molecule is O=C(c1cccnc1)N1CCN(Cc2cc3ccccc3[nH]2)CC1.[HH]. The second-order valence-corrected chi connectivity index (χ2v) is 6.19. The van der Waals surface area contributed by atoms with Gasteiger partial charge >= 0.3 is 0 Å². The molecule has 0 saturated carbocycles. The van der Waals surface area contributed by atoms with Crippen LogP contribution in [-0.4, -0.2) is 51.9 Å². The fourth-order valence-electron chi connectivity index (χ4n) is 3.24. The second-order valence-electron chi connectivity index (χ2n) is 6.19. The van der Waals surface area contributed by atoms with E-state index in [4.69, 9.17) is 0 Å². The molecule has 24 heavy (non-hydrogen) atoms. The molecule has 0 bridgehead atoms. The van der Waals surface area contributed by atoms with Crippen LogP contribution in [0.15, 0.2) is 54.9 Å². The second kappa shape index (κ2) is 6.45. The number of nitrogens with one attached hydrogen (secondary N) is 1. The standard InChI is InChI=1S/C19H20N4O.H2/c24-19(16-5-3-7-20-13-16)23-10-8-22(9-11-23)14-17-12-15-4-1-2-6-18(15)21-17;/h1-7,12-13,21H,8-11,14H2;1H. The van der Waals surface area contributed by atoms with Gasteiger partial charge in [-0.05, 0) is 29.7 Å². The summed E-state index contributed by atoms with van der Waals surface area (Å²) in [5.41, 5.74) is 3.07. The third kappa shape index (κ3) is 3.03. The van der Waals surface area contributed by atoms with Crippen LogP contribution in [-0.2, 0) is 6.54 Å². The van der Waals surface area contributed by atoms with E-state index in [0.29, 0.717) is 5.56 Å². The number of nitrogens with zero attached hydrogens (tertiary/aromatic N) is 3. The number of para-hydroxylation sites is 1. The number of hydrogen-bond donors (Lipinski definition) is 1. The fourth-order valence-corrected chi connectivity index (χ4v) is 3.24. The average Bonchev–Trinajstić information content (AvgIpc) is 3.05. The maximum atomic E-state index is 12.4. The van der Waals surface area contributed by atoms with Crippen molar-refractivity contribution < 1.29 is 6.22 Å². The first-order valence-corrected chi connectivity index (χ1v) is 8.28. The van der Waals surface area contributed by atoms with E-state index in [1.165, 1.54) is 16.6 Å². The molecule has 3 heterocycles. The van der Waals surface area contributed by atoms with Crippen LogP contribution in [0, 0.1) is 0 Å². The highest BCUT2D eigenvalue weighted by Crippen LogP contribution is 2.17. The van der Waals surface area contributed by atoms with Gasteiger partial charge in [-0.1, -0.05) is 18.2 Å². The van der Waals surface area contributed by atoms with Crippen LogP contribution in [0.5, 0.6) is 0 Å². The smallest absolute Gasteiger partial charge is 0.255 e. The number of aromatic amines is 1. The quantitative estimate of drug-likeness (QED) is 0.807. The highest BCUT2D eigenvalue weighted by atomic mass is 16.2. The van der Waals surface area contributed by atoms with Crippen molar-refractivity contribution in [2.24, 2.45) is 0 Å². The Morgan fingerprint density at radius 1 is 1.12 bits per heavy atom. The molecule has 0 unspecified atom stereocenters. The van der Waals surface area contributed by atoms with Gasteiger partial charge in [0.05, 0.1) is 5.56 Å². The number of piperazine rings is 1. The van der Waals surface area contributed by atoms with Crippen molar-refractivity contribution in [3.63, 3.8) is 0 Å². The van der Waals surface area contributed by atoms with Gasteiger partial charge in [-0.25, -0.2) is 0 Å². The minimum absolute atomic E-state index is 0. The van der Waals surface area contributed by atoms with Crippen LogP contribution < -0.4 is 0 Å². The Hall–Kier alpha value is -2.66. The van der Waals surface area contributed by atoms with Crippen LogP contribution in [0.1, 0.15) is 17.5 Å². The highest BCUT2D eigenvalue weighted by molar-refractivity contribution is 5.93. The summed E-state index contributed by atoms with van der Waals surface area (Å²) in [6.07, 6.45) is 3.33. The van der Waals surface area contributed by atoms with Gasteiger partial charge in [0.25, 0.3) is 5.91 Å². The van der Waals surface area contributed by atoms with Gasteiger partial charge < -0.3 is 9.88 Å². The van der Waals surface area contributed by atoms with Gasteiger partial charge in [0.1, 0.15) is 0 Å². The predicted molar refractivity (Wildman–Crippen MR) is 95.8 cm³/mol. The average molecular weight is 322 g/mol. The van der Waals surface area contributed by atoms with Crippen LogP contribution in [0.3, 0.4) is 0 Å². The van der Waals surface area contributed by atoms with E-state index in [0.717, 1.165) is 32.7 Å². The van der Waals surface area contributed by atoms with Crippen LogP contribution in [0.2, 0.25) is 0 Å². The third-order valence-electron chi connectivity index (χ3n) is 4.55. The van der Waals surface area contributed by atoms with Gasteiger partial charge in [-0.2, -0.15) is 0 Å². The maximum absolute atomic E-state index is 12.4. The lowest BCUT2D eigenvalue weighted by Crippen LogP contribution is -2.48. The summed E-state index contributed by atoms with van der Waals surface area (Å²) in [7, 11) is 0. The molecule has 5 nitrogen and oxygen atoms in total. The lowest BCUT2D eigenvalue weighted by Gasteiger charge is -2.34. The summed E-state index contributed by atoms with van der Waals surface area (Å²) in [6.45, 7) is 4.19. The van der Waals surface area contributed by atoms with Gasteiger partial charge in [-0.15, -0.1) is 0 Å². The van der Waals surface area contributed by atoms with Crippen LogP contribution in [0.25, 0.3) is 10.9 Å². The molecule has 3 aromatic rings. The van der Waals surface area contributed by atoms with Gasteiger partial charge in [0.15, 0.2) is 0 Å². The molecular formula is C19H22N4O. The molecule has 1 aliphatic rings. The lowest BCUT2D eigenvalue weighted by atomic mass is 10.2. The Labute approximate surface area is 142 Å². The van der Waals surface area contributed by atoms with Crippen molar-refractivity contribution in [1.82, 2.24) is 19.8 Å². The highest BCUT2D eigenvalue weighted by Gasteiger charge is 2.22. The summed E-state index contributed by atoms with van der Waals surface area (Å²) in [6, 6.07) is 14.2. The normalized spacial score (nSPS) is 15.8.